The van der Waals surface area contributed by atoms with E-state index < -0.39 is 22.7 Å². The van der Waals surface area contributed by atoms with Crippen molar-refractivity contribution >= 4 is 27.6 Å². The molecule has 0 spiro atoms. The lowest BCUT2D eigenvalue weighted by atomic mass is 10.1. The topological polar surface area (TPSA) is 116 Å². The summed E-state index contributed by atoms with van der Waals surface area (Å²) in [7, 11) is -2.57. The number of carbonyl (C=O) groups is 2. The van der Waals surface area contributed by atoms with E-state index in [-0.39, 0.29) is 22.2 Å². The molecule has 0 bridgehead atoms. The molecule has 0 fully saturated rings. The normalized spacial score (nSPS) is 11.5. The molecule has 0 aliphatic rings. The molecule has 0 saturated carbocycles. The average molecular weight is 483 g/mol. The van der Waals surface area contributed by atoms with Crippen LogP contribution in [0.1, 0.15) is 21.5 Å². The molecule has 3 rings (SSSR count). The molecule has 0 aromatic heterocycles. The van der Waals surface area contributed by atoms with E-state index in [2.05, 4.69) is 0 Å². The number of hydrogen-bond acceptors (Lipinski definition) is 7. The number of hydrogen-bond donors (Lipinski definition) is 1. The van der Waals surface area contributed by atoms with Crippen molar-refractivity contribution in [1.29, 1.82) is 0 Å². The van der Waals surface area contributed by atoms with Crippen LogP contribution < -0.4 is 8.92 Å². The summed E-state index contributed by atoms with van der Waals surface area (Å²) < 4.78 is 40.5. The van der Waals surface area contributed by atoms with Crippen LogP contribution in [0.25, 0.3) is 5.76 Å². The molecule has 0 radical (unpaired) electrons. The summed E-state index contributed by atoms with van der Waals surface area (Å²) in [5.74, 6) is -0.737. The Morgan fingerprint density at radius 3 is 1.97 bits per heavy atom. The second kappa shape index (κ2) is 10.7. The third-order valence-electron chi connectivity index (χ3n) is 4.64. The quantitative estimate of drug-likeness (QED) is 0.199. The van der Waals surface area contributed by atoms with Crippen molar-refractivity contribution < 1.29 is 36.8 Å². The highest BCUT2D eigenvalue weighted by atomic mass is 32.2. The highest BCUT2D eigenvalue weighted by Crippen LogP contribution is 2.23. The summed E-state index contributed by atoms with van der Waals surface area (Å²) in [5.41, 5.74) is 1.82. The van der Waals surface area contributed by atoms with E-state index in [1.807, 2.05) is 6.92 Å². The van der Waals surface area contributed by atoms with Gasteiger partial charge in [-0.3, -0.25) is 4.79 Å². The number of allylic oxidation sites excluding steroid dienone is 1. The SMILES string of the molecule is COC(=CC(=O)c1ccc(OCC(=O)O)cc1)c1ccc(OS(=O)(=O)c2ccc(C)cc2)cc1. The number of aryl methyl sites for hydroxylation is 1. The number of carbonyl (C=O) groups excluding carboxylic acids is 1. The second-order valence-corrected chi connectivity index (χ2v) is 8.70. The van der Waals surface area contributed by atoms with Gasteiger partial charge in [0.15, 0.2) is 12.4 Å². The van der Waals surface area contributed by atoms with Gasteiger partial charge in [-0.2, -0.15) is 8.42 Å². The van der Waals surface area contributed by atoms with Crippen molar-refractivity contribution in [1.82, 2.24) is 0 Å². The van der Waals surface area contributed by atoms with Crippen LogP contribution in [0.2, 0.25) is 0 Å². The summed E-state index contributed by atoms with van der Waals surface area (Å²) in [6.45, 7) is 1.38. The van der Waals surface area contributed by atoms with E-state index in [9.17, 15) is 18.0 Å². The second-order valence-electron chi connectivity index (χ2n) is 7.16. The highest BCUT2D eigenvalue weighted by molar-refractivity contribution is 7.87. The van der Waals surface area contributed by atoms with Gasteiger partial charge in [0.2, 0.25) is 0 Å². The van der Waals surface area contributed by atoms with Crippen LogP contribution in [0.15, 0.2) is 83.8 Å². The first kappa shape index (κ1) is 24.5. The predicted molar refractivity (Wildman–Crippen MR) is 124 cm³/mol. The molecule has 0 aliphatic heterocycles. The van der Waals surface area contributed by atoms with Gasteiger partial charge in [-0.25, -0.2) is 4.79 Å². The van der Waals surface area contributed by atoms with Crippen molar-refractivity contribution in [3.8, 4) is 11.5 Å². The third-order valence-corrected chi connectivity index (χ3v) is 5.90. The summed E-state index contributed by atoms with van der Waals surface area (Å²) in [5, 5.41) is 8.65. The first-order valence-electron chi connectivity index (χ1n) is 10.0. The molecule has 8 nitrogen and oxygen atoms in total. The maximum atomic E-state index is 12.6. The van der Waals surface area contributed by atoms with Crippen LogP contribution in [-0.2, 0) is 19.6 Å². The smallest absolute Gasteiger partial charge is 0.341 e. The Morgan fingerprint density at radius 1 is 0.853 bits per heavy atom. The Balaban J connectivity index is 1.72. The molecule has 3 aromatic carbocycles. The number of carboxylic acids is 1. The minimum absolute atomic E-state index is 0.0460. The van der Waals surface area contributed by atoms with Crippen LogP contribution in [-0.4, -0.2) is 39.0 Å². The minimum atomic E-state index is -3.98. The van der Waals surface area contributed by atoms with Crippen molar-refractivity contribution in [2.45, 2.75) is 11.8 Å². The number of rotatable bonds is 10. The van der Waals surface area contributed by atoms with Crippen molar-refractivity contribution in [2.75, 3.05) is 13.7 Å². The standard InChI is InChI=1S/C25H22O8S/c1-17-3-13-22(14-4-17)34(29,30)33-21-11-7-19(8-12-21)24(31-2)15-23(26)18-5-9-20(10-6-18)32-16-25(27)28/h3-15H,16H2,1-2H3,(H,27,28). The van der Waals surface area contributed by atoms with Crippen LogP contribution in [0.4, 0.5) is 0 Å². The van der Waals surface area contributed by atoms with E-state index >= 15 is 0 Å². The monoisotopic (exact) mass is 482 g/mol. The molecular formula is C25H22O8S. The molecule has 3 aromatic rings. The Labute approximate surface area is 197 Å². The summed E-state index contributed by atoms with van der Waals surface area (Å²) >= 11 is 0. The number of ether oxygens (including phenoxy) is 2. The number of methoxy groups -OCH3 is 1. The lowest BCUT2D eigenvalue weighted by Gasteiger charge is -2.10. The Bertz CT molecular complexity index is 1290. The molecule has 176 valence electrons. The van der Waals surface area contributed by atoms with Gasteiger partial charge in [-0.15, -0.1) is 0 Å². The van der Waals surface area contributed by atoms with Gasteiger partial charge >= 0.3 is 16.1 Å². The molecule has 0 aliphatic carbocycles. The first-order valence-corrected chi connectivity index (χ1v) is 11.4. The molecule has 0 amide bonds. The van der Waals surface area contributed by atoms with E-state index in [1.165, 1.54) is 61.7 Å². The Morgan fingerprint density at radius 2 is 1.41 bits per heavy atom. The zero-order valence-electron chi connectivity index (χ0n) is 18.4. The number of carboxylic acid groups (broad SMARTS) is 1. The van der Waals surface area contributed by atoms with Crippen LogP contribution in [0.3, 0.4) is 0 Å². The number of benzene rings is 3. The van der Waals surface area contributed by atoms with Crippen molar-refractivity contribution in [3.63, 3.8) is 0 Å². The Kier molecular flexibility index (Phi) is 7.70. The molecular weight excluding hydrogens is 460 g/mol. The average Bonchev–Trinajstić information content (AvgIpc) is 2.82. The molecule has 1 N–H and O–H groups in total. The minimum Gasteiger partial charge on any atom is -0.496 e. The molecule has 34 heavy (non-hydrogen) atoms. The van der Waals surface area contributed by atoms with E-state index in [0.29, 0.717) is 16.9 Å². The highest BCUT2D eigenvalue weighted by Gasteiger charge is 2.17. The number of aliphatic carboxylic acids is 1. The van der Waals surface area contributed by atoms with Crippen LogP contribution in [0.5, 0.6) is 11.5 Å². The van der Waals surface area contributed by atoms with Gasteiger partial charge in [0.05, 0.1) is 7.11 Å². The number of ketones is 1. The molecule has 0 unspecified atom stereocenters. The lowest BCUT2D eigenvalue weighted by molar-refractivity contribution is -0.139. The van der Waals surface area contributed by atoms with Crippen LogP contribution >= 0.6 is 0 Å². The predicted octanol–water partition coefficient (Wildman–Crippen LogP) is 4.10. The fraction of sp³-hybridized carbons (Fsp3) is 0.120. The maximum Gasteiger partial charge on any atom is 0.341 e. The molecule has 0 atom stereocenters. The molecule has 0 heterocycles. The third kappa shape index (κ3) is 6.46. The zero-order valence-corrected chi connectivity index (χ0v) is 19.2. The van der Waals surface area contributed by atoms with Gasteiger partial charge in [-0.1, -0.05) is 17.7 Å². The van der Waals surface area contributed by atoms with E-state index in [1.54, 1.807) is 24.3 Å². The van der Waals surface area contributed by atoms with Gasteiger partial charge in [-0.05, 0) is 67.6 Å². The van der Waals surface area contributed by atoms with Crippen LogP contribution in [0, 0.1) is 6.92 Å². The van der Waals surface area contributed by atoms with Gasteiger partial charge < -0.3 is 18.8 Å². The van der Waals surface area contributed by atoms with E-state index in [0.717, 1.165) is 5.56 Å². The molecule has 0 saturated heterocycles. The Hall–Kier alpha value is -4.11. The van der Waals surface area contributed by atoms with Gasteiger partial charge in [0.25, 0.3) is 0 Å². The zero-order chi connectivity index (χ0) is 24.7. The molecule has 9 heteroatoms. The maximum absolute atomic E-state index is 12.6. The first-order chi connectivity index (χ1) is 16.2. The van der Waals surface area contributed by atoms with Gasteiger partial charge in [0, 0.05) is 17.2 Å². The summed E-state index contributed by atoms with van der Waals surface area (Å²) in [6, 6.07) is 18.4. The van der Waals surface area contributed by atoms with Crippen molar-refractivity contribution in [2.24, 2.45) is 0 Å². The van der Waals surface area contributed by atoms with Gasteiger partial charge in [0.1, 0.15) is 22.2 Å². The van der Waals surface area contributed by atoms with Crippen molar-refractivity contribution in [3.05, 3.63) is 95.6 Å². The lowest BCUT2D eigenvalue weighted by Crippen LogP contribution is -2.09. The fourth-order valence-corrected chi connectivity index (χ4v) is 3.81. The summed E-state index contributed by atoms with van der Waals surface area (Å²) in [6.07, 6.45) is 1.30. The largest absolute Gasteiger partial charge is 0.496 e. The fourth-order valence-electron chi connectivity index (χ4n) is 2.88. The van der Waals surface area contributed by atoms with E-state index in [4.69, 9.17) is 18.8 Å². The summed E-state index contributed by atoms with van der Waals surface area (Å²) in [4.78, 5) is 23.2.